The van der Waals surface area contributed by atoms with E-state index in [-0.39, 0.29) is 5.91 Å². The Hall–Kier alpha value is -2.31. The summed E-state index contributed by atoms with van der Waals surface area (Å²) in [7, 11) is 0. The number of carbonyl (C=O) groups excluding carboxylic acids is 1. The Morgan fingerprint density at radius 1 is 1.09 bits per heavy atom. The first-order chi connectivity index (χ1) is 11.2. The second-order valence-corrected chi connectivity index (χ2v) is 7.14. The third-order valence-corrected chi connectivity index (χ3v) is 5.41. The van der Waals surface area contributed by atoms with Crippen molar-refractivity contribution in [3.05, 3.63) is 68.2 Å². The molecule has 3 aromatic rings. The summed E-state index contributed by atoms with van der Waals surface area (Å²) in [5.41, 5.74) is 2.55. The Labute approximate surface area is 141 Å². The van der Waals surface area contributed by atoms with Gasteiger partial charge in [0.1, 0.15) is 5.82 Å². The number of anilines is 1. The molecule has 4 rings (SSSR count). The van der Waals surface area contributed by atoms with Crippen molar-refractivity contribution < 1.29 is 4.79 Å². The van der Waals surface area contributed by atoms with Gasteiger partial charge in [0.15, 0.2) is 6.04 Å². The molecule has 1 aliphatic heterocycles. The van der Waals surface area contributed by atoms with E-state index in [0.717, 1.165) is 26.7 Å². The predicted octanol–water partition coefficient (Wildman–Crippen LogP) is 4.04. The third-order valence-electron chi connectivity index (χ3n) is 3.60. The van der Waals surface area contributed by atoms with E-state index in [1.54, 1.807) is 11.3 Å². The SMILES string of the molecule is Cc1ccc2c(n1)NC(=O)C(c1cccs1)N=C2c1cccs1. The lowest BCUT2D eigenvalue weighted by Gasteiger charge is -2.08. The van der Waals surface area contributed by atoms with Crippen molar-refractivity contribution in [2.75, 3.05) is 5.32 Å². The Kier molecular flexibility index (Phi) is 3.55. The lowest BCUT2D eigenvalue weighted by molar-refractivity contribution is -0.117. The molecule has 6 heteroatoms. The van der Waals surface area contributed by atoms with Crippen LogP contribution in [0.4, 0.5) is 5.82 Å². The topological polar surface area (TPSA) is 54.4 Å². The van der Waals surface area contributed by atoms with E-state index in [1.165, 1.54) is 11.3 Å². The summed E-state index contributed by atoms with van der Waals surface area (Å²) in [4.78, 5) is 23.9. The van der Waals surface area contributed by atoms with Crippen LogP contribution in [0.5, 0.6) is 0 Å². The van der Waals surface area contributed by atoms with Crippen molar-refractivity contribution in [1.82, 2.24) is 4.98 Å². The Morgan fingerprint density at radius 3 is 2.65 bits per heavy atom. The average molecular weight is 339 g/mol. The minimum atomic E-state index is -0.540. The number of hydrogen-bond donors (Lipinski definition) is 1. The maximum Gasteiger partial charge on any atom is 0.255 e. The standard InChI is InChI=1S/C17H13N3OS2/c1-10-6-7-11-14(12-4-2-8-22-12)19-15(13-5-3-9-23-13)17(21)20-16(11)18-10/h2-9,15H,1H3,(H,18,20,21). The molecule has 4 nitrogen and oxygen atoms in total. The number of aromatic nitrogens is 1. The molecule has 0 bridgehead atoms. The molecule has 0 fully saturated rings. The molecule has 1 amide bonds. The molecule has 1 N–H and O–H groups in total. The van der Waals surface area contributed by atoms with Gasteiger partial charge in [0.05, 0.1) is 10.6 Å². The molecule has 114 valence electrons. The van der Waals surface area contributed by atoms with Crippen LogP contribution in [0.1, 0.15) is 27.1 Å². The van der Waals surface area contributed by atoms with Gasteiger partial charge in [-0.1, -0.05) is 12.1 Å². The fraction of sp³-hybridized carbons (Fsp3) is 0.118. The molecule has 1 aliphatic rings. The highest BCUT2D eigenvalue weighted by atomic mass is 32.1. The smallest absolute Gasteiger partial charge is 0.255 e. The normalized spacial score (nSPS) is 17.2. The van der Waals surface area contributed by atoms with Gasteiger partial charge >= 0.3 is 0 Å². The van der Waals surface area contributed by atoms with Crippen LogP contribution < -0.4 is 5.32 Å². The molecule has 0 saturated heterocycles. The summed E-state index contributed by atoms with van der Waals surface area (Å²) in [6, 6.07) is 11.3. The zero-order valence-corrected chi connectivity index (χ0v) is 13.9. The number of thiophene rings is 2. The van der Waals surface area contributed by atoms with Crippen molar-refractivity contribution in [2.45, 2.75) is 13.0 Å². The number of aliphatic imine (C=N–C) groups is 1. The summed E-state index contributed by atoms with van der Waals surface area (Å²) in [6.07, 6.45) is 0. The third kappa shape index (κ3) is 2.60. The second kappa shape index (κ2) is 5.72. The summed E-state index contributed by atoms with van der Waals surface area (Å²) in [6.45, 7) is 1.91. The number of hydrogen-bond acceptors (Lipinski definition) is 5. The Bertz CT molecular complexity index is 883. The fourth-order valence-electron chi connectivity index (χ4n) is 2.53. The molecule has 0 aromatic carbocycles. The van der Waals surface area contributed by atoms with E-state index in [4.69, 9.17) is 4.99 Å². The van der Waals surface area contributed by atoms with Crippen LogP contribution >= 0.6 is 22.7 Å². The lowest BCUT2D eigenvalue weighted by atomic mass is 10.1. The van der Waals surface area contributed by atoms with E-state index < -0.39 is 6.04 Å². The summed E-state index contributed by atoms with van der Waals surface area (Å²) >= 11 is 3.15. The number of aryl methyl sites for hydroxylation is 1. The number of fused-ring (bicyclic) bond motifs is 1. The summed E-state index contributed by atoms with van der Waals surface area (Å²) in [5.74, 6) is 0.444. The number of rotatable bonds is 2. The summed E-state index contributed by atoms with van der Waals surface area (Å²) < 4.78 is 0. The molecular formula is C17H13N3OS2. The first-order valence-corrected chi connectivity index (χ1v) is 8.92. The van der Waals surface area contributed by atoms with Gasteiger partial charge in [0.2, 0.25) is 0 Å². The van der Waals surface area contributed by atoms with Gasteiger partial charge in [-0.05, 0) is 41.9 Å². The summed E-state index contributed by atoms with van der Waals surface area (Å²) in [5, 5.41) is 6.92. The van der Waals surface area contributed by atoms with Gasteiger partial charge in [0.25, 0.3) is 5.91 Å². The van der Waals surface area contributed by atoms with E-state index >= 15 is 0 Å². The van der Waals surface area contributed by atoms with E-state index in [2.05, 4.69) is 10.3 Å². The quantitative estimate of drug-likeness (QED) is 0.766. The maximum absolute atomic E-state index is 12.7. The van der Waals surface area contributed by atoms with Crippen LogP contribution in [-0.4, -0.2) is 16.6 Å². The van der Waals surface area contributed by atoms with Crippen LogP contribution in [0.15, 0.2) is 52.2 Å². The monoisotopic (exact) mass is 339 g/mol. The van der Waals surface area contributed by atoms with Gasteiger partial charge in [-0.3, -0.25) is 9.79 Å². The number of nitrogens with zero attached hydrogens (tertiary/aromatic N) is 2. The van der Waals surface area contributed by atoms with E-state index in [1.807, 2.05) is 54.1 Å². The van der Waals surface area contributed by atoms with E-state index in [9.17, 15) is 4.79 Å². The molecular weight excluding hydrogens is 326 g/mol. The van der Waals surface area contributed by atoms with Crippen molar-refractivity contribution in [2.24, 2.45) is 4.99 Å². The van der Waals surface area contributed by atoms with Crippen molar-refractivity contribution in [1.29, 1.82) is 0 Å². The van der Waals surface area contributed by atoms with Crippen molar-refractivity contribution in [3.8, 4) is 0 Å². The zero-order chi connectivity index (χ0) is 15.8. The number of carbonyl (C=O) groups is 1. The minimum Gasteiger partial charge on any atom is -0.308 e. The van der Waals surface area contributed by atoms with Gasteiger partial charge in [-0.2, -0.15) is 0 Å². The lowest BCUT2D eigenvalue weighted by Crippen LogP contribution is -2.18. The van der Waals surface area contributed by atoms with Gasteiger partial charge in [-0.15, -0.1) is 22.7 Å². The molecule has 3 aromatic heterocycles. The predicted molar refractivity (Wildman–Crippen MR) is 94.6 cm³/mol. The highest BCUT2D eigenvalue weighted by molar-refractivity contribution is 7.12. The molecule has 4 heterocycles. The van der Waals surface area contributed by atoms with Crippen LogP contribution in [0.25, 0.3) is 0 Å². The van der Waals surface area contributed by atoms with Crippen LogP contribution in [0.2, 0.25) is 0 Å². The van der Waals surface area contributed by atoms with Crippen LogP contribution in [0, 0.1) is 6.92 Å². The number of pyridine rings is 1. The number of amides is 1. The van der Waals surface area contributed by atoms with Gasteiger partial charge < -0.3 is 5.32 Å². The van der Waals surface area contributed by atoms with Crippen LogP contribution in [-0.2, 0) is 4.79 Å². The first-order valence-electron chi connectivity index (χ1n) is 7.16. The Morgan fingerprint density at radius 2 is 1.91 bits per heavy atom. The minimum absolute atomic E-state index is 0.140. The molecule has 1 unspecified atom stereocenters. The average Bonchev–Trinajstić information content (AvgIpc) is 3.21. The highest BCUT2D eigenvalue weighted by Crippen LogP contribution is 2.31. The fourth-order valence-corrected chi connectivity index (χ4v) is 4.03. The molecule has 0 radical (unpaired) electrons. The zero-order valence-electron chi connectivity index (χ0n) is 12.3. The first kappa shape index (κ1) is 14.3. The molecule has 23 heavy (non-hydrogen) atoms. The second-order valence-electron chi connectivity index (χ2n) is 5.21. The molecule has 1 atom stereocenters. The van der Waals surface area contributed by atoms with Crippen molar-refractivity contribution >= 4 is 40.1 Å². The maximum atomic E-state index is 12.7. The largest absolute Gasteiger partial charge is 0.308 e. The van der Waals surface area contributed by atoms with Gasteiger partial charge in [-0.25, -0.2) is 4.98 Å². The molecule has 0 saturated carbocycles. The molecule has 0 spiro atoms. The highest BCUT2D eigenvalue weighted by Gasteiger charge is 2.28. The van der Waals surface area contributed by atoms with Gasteiger partial charge in [0, 0.05) is 16.1 Å². The number of nitrogens with one attached hydrogen (secondary N) is 1. The van der Waals surface area contributed by atoms with E-state index in [0.29, 0.717) is 5.82 Å². The van der Waals surface area contributed by atoms with Crippen molar-refractivity contribution in [3.63, 3.8) is 0 Å². The molecule has 0 aliphatic carbocycles. The Balaban J connectivity index is 1.93. The van der Waals surface area contributed by atoms with Crippen LogP contribution in [0.3, 0.4) is 0 Å².